The van der Waals surface area contributed by atoms with Gasteiger partial charge in [0.25, 0.3) is 0 Å². The molecular weight excluding hydrogens is 202 g/mol. The average molecular weight is 217 g/mol. The molecule has 0 saturated heterocycles. The van der Waals surface area contributed by atoms with Crippen molar-refractivity contribution in [3.8, 4) is 0 Å². The Hall–Kier alpha value is -1.84. The van der Waals surface area contributed by atoms with Crippen molar-refractivity contribution in [2.75, 3.05) is 14.1 Å². The molecule has 0 atom stereocenters. The SMILES string of the molecule is CN(C)C(=O)CCc1nc2ccccc2[nH]1. The van der Waals surface area contributed by atoms with E-state index < -0.39 is 0 Å². The maximum absolute atomic E-state index is 11.4. The number of nitrogens with zero attached hydrogens (tertiary/aromatic N) is 2. The predicted octanol–water partition coefficient (Wildman–Crippen LogP) is 1.58. The molecule has 1 heterocycles. The number of aromatic nitrogens is 2. The van der Waals surface area contributed by atoms with Crippen LogP contribution in [0.15, 0.2) is 24.3 Å². The molecule has 0 aliphatic carbocycles. The minimum atomic E-state index is 0.125. The number of carbonyl (C=O) groups is 1. The van der Waals surface area contributed by atoms with Crippen molar-refractivity contribution in [1.82, 2.24) is 14.9 Å². The van der Waals surface area contributed by atoms with Gasteiger partial charge in [0.1, 0.15) is 5.82 Å². The van der Waals surface area contributed by atoms with Crippen LogP contribution in [0, 0.1) is 0 Å². The molecule has 0 spiro atoms. The monoisotopic (exact) mass is 217 g/mol. The van der Waals surface area contributed by atoms with Crippen LogP contribution in [0.2, 0.25) is 0 Å². The summed E-state index contributed by atoms with van der Waals surface area (Å²) in [5.74, 6) is 0.997. The number of hydrogen-bond donors (Lipinski definition) is 1. The first-order valence-corrected chi connectivity index (χ1v) is 5.30. The standard InChI is InChI=1S/C12H15N3O/c1-15(2)12(16)8-7-11-13-9-5-3-4-6-10(9)14-11/h3-6H,7-8H2,1-2H3,(H,13,14). The van der Waals surface area contributed by atoms with Gasteiger partial charge >= 0.3 is 0 Å². The van der Waals surface area contributed by atoms with E-state index in [1.54, 1.807) is 19.0 Å². The van der Waals surface area contributed by atoms with Gasteiger partial charge in [0, 0.05) is 26.9 Å². The largest absolute Gasteiger partial charge is 0.349 e. The quantitative estimate of drug-likeness (QED) is 0.848. The second-order valence-corrected chi connectivity index (χ2v) is 3.99. The van der Waals surface area contributed by atoms with Crippen molar-refractivity contribution in [1.29, 1.82) is 0 Å². The Balaban J connectivity index is 2.07. The number of aromatic amines is 1. The molecule has 16 heavy (non-hydrogen) atoms. The lowest BCUT2D eigenvalue weighted by Crippen LogP contribution is -2.21. The number of fused-ring (bicyclic) bond motifs is 1. The molecule has 4 nitrogen and oxygen atoms in total. The van der Waals surface area contributed by atoms with Gasteiger partial charge in [-0.1, -0.05) is 12.1 Å². The second kappa shape index (κ2) is 4.35. The second-order valence-electron chi connectivity index (χ2n) is 3.99. The molecule has 0 unspecified atom stereocenters. The molecule has 4 heteroatoms. The molecule has 1 amide bonds. The number of amides is 1. The van der Waals surface area contributed by atoms with E-state index in [1.807, 2.05) is 24.3 Å². The molecule has 0 aliphatic rings. The van der Waals surface area contributed by atoms with Crippen LogP contribution in [0.25, 0.3) is 11.0 Å². The predicted molar refractivity (Wildman–Crippen MR) is 63.1 cm³/mol. The van der Waals surface area contributed by atoms with Gasteiger partial charge in [0.15, 0.2) is 0 Å². The van der Waals surface area contributed by atoms with Crippen molar-refractivity contribution in [2.45, 2.75) is 12.8 Å². The van der Waals surface area contributed by atoms with E-state index in [2.05, 4.69) is 9.97 Å². The third-order valence-corrected chi connectivity index (χ3v) is 2.51. The molecule has 0 aliphatic heterocycles. The van der Waals surface area contributed by atoms with E-state index in [9.17, 15) is 4.79 Å². The Morgan fingerprint density at radius 2 is 2.12 bits per heavy atom. The lowest BCUT2D eigenvalue weighted by Gasteiger charge is -2.08. The Labute approximate surface area is 94.3 Å². The van der Waals surface area contributed by atoms with Gasteiger partial charge in [-0.05, 0) is 12.1 Å². The molecule has 1 aromatic carbocycles. The smallest absolute Gasteiger partial charge is 0.222 e. The number of para-hydroxylation sites is 2. The average Bonchev–Trinajstić information content (AvgIpc) is 2.68. The number of nitrogens with one attached hydrogen (secondary N) is 1. The van der Waals surface area contributed by atoms with Gasteiger partial charge in [-0.3, -0.25) is 4.79 Å². The summed E-state index contributed by atoms with van der Waals surface area (Å²) in [6, 6.07) is 7.87. The number of aryl methyl sites for hydroxylation is 1. The molecule has 0 fully saturated rings. The number of imidazole rings is 1. The van der Waals surface area contributed by atoms with Gasteiger partial charge in [-0.2, -0.15) is 0 Å². The summed E-state index contributed by atoms with van der Waals surface area (Å²) in [6.45, 7) is 0. The third kappa shape index (κ3) is 2.21. The fraction of sp³-hybridized carbons (Fsp3) is 0.333. The molecule has 0 bridgehead atoms. The number of H-pyrrole nitrogens is 1. The summed E-state index contributed by atoms with van der Waals surface area (Å²) in [4.78, 5) is 20.6. The van der Waals surface area contributed by atoms with Crippen molar-refractivity contribution in [2.24, 2.45) is 0 Å². The first-order chi connectivity index (χ1) is 7.66. The van der Waals surface area contributed by atoms with Gasteiger partial charge in [-0.25, -0.2) is 4.98 Å². The van der Waals surface area contributed by atoms with Crippen molar-refractivity contribution in [3.63, 3.8) is 0 Å². The van der Waals surface area contributed by atoms with Crippen molar-refractivity contribution >= 4 is 16.9 Å². The third-order valence-electron chi connectivity index (χ3n) is 2.51. The van der Waals surface area contributed by atoms with Crippen LogP contribution < -0.4 is 0 Å². The number of hydrogen-bond acceptors (Lipinski definition) is 2. The maximum atomic E-state index is 11.4. The molecule has 0 saturated carbocycles. The fourth-order valence-electron chi connectivity index (χ4n) is 1.57. The van der Waals surface area contributed by atoms with Crippen molar-refractivity contribution in [3.05, 3.63) is 30.1 Å². The van der Waals surface area contributed by atoms with E-state index in [0.717, 1.165) is 16.9 Å². The van der Waals surface area contributed by atoms with E-state index >= 15 is 0 Å². The zero-order valence-electron chi connectivity index (χ0n) is 9.53. The number of benzene rings is 1. The Kier molecular flexibility index (Phi) is 2.90. The molecule has 2 aromatic rings. The molecule has 0 radical (unpaired) electrons. The zero-order chi connectivity index (χ0) is 11.5. The molecule has 2 rings (SSSR count). The van der Waals surface area contributed by atoms with Gasteiger partial charge in [-0.15, -0.1) is 0 Å². The minimum Gasteiger partial charge on any atom is -0.349 e. The molecule has 1 aromatic heterocycles. The van der Waals surface area contributed by atoms with E-state index in [4.69, 9.17) is 0 Å². The highest BCUT2D eigenvalue weighted by Gasteiger charge is 2.07. The van der Waals surface area contributed by atoms with Gasteiger partial charge < -0.3 is 9.88 Å². The van der Waals surface area contributed by atoms with E-state index in [0.29, 0.717) is 12.8 Å². The Morgan fingerprint density at radius 3 is 2.81 bits per heavy atom. The minimum absolute atomic E-state index is 0.125. The van der Waals surface area contributed by atoms with Crippen LogP contribution in [-0.4, -0.2) is 34.9 Å². The highest BCUT2D eigenvalue weighted by atomic mass is 16.2. The van der Waals surface area contributed by atoms with Gasteiger partial charge in [0.2, 0.25) is 5.91 Å². The van der Waals surface area contributed by atoms with Crippen LogP contribution in [0.3, 0.4) is 0 Å². The molecular formula is C12H15N3O. The van der Waals surface area contributed by atoms with Crippen molar-refractivity contribution < 1.29 is 4.79 Å². The Bertz CT molecular complexity index is 469. The highest BCUT2D eigenvalue weighted by Crippen LogP contribution is 2.11. The van der Waals surface area contributed by atoms with E-state index in [-0.39, 0.29) is 5.91 Å². The summed E-state index contributed by atoms with van der Waals surface area (Å²) >= 11 is 0. The van der Waals surface area contributed by atoms with Crippen LogP contribution in [-0.2, 0) is 11.2 Å². The number of rotatable bonds is 3. The summed E-state index contributed by atoms with van der Waals surface area (Å²) < 4.78 is 0. The summed E-state index contributed by atoms with van der Waals surface area (Å²) in [7, 11) is 3.53. The molecule has 1 N–H and O–H groups in total. The first kappa shape index (κ1) is 10.7. The number of carbonyl (C=O) groups excluding carboxylic acids is 1. The van der Waals surface area contributed by atoms with Crippen LogP contribution in [0.1, 0.15) is 12.2 Å². The van der Waals surface area contributed by atoms with Crippen LogP contribution in [0.5, 0.6) is 0 Å². The molecule has 84 valence electrons. The fourth-order valence-corrected chi connectivity index (χ4v) is 1.57. The maximum Gasteiger partial charge on any atom is 0.222 e. The summed E-state index contributed by atoms with van der Waals surface area (Å²) in [5.41, 5.74) is 1.98. The lowest BCUT2D eigenvalue weighted by molar-refractivity contribution is -0.128. The van der Waals surface area contributed by atoms with Crippen LogP contribution in [0.4, 0.5) is 0 Å². The lowest BCUT2D eigenvalue weighted by atomic mass is 10.3. The topological polar surface area (TPSA) is 49.0 Å². The Morgan fingerprint density at radius 1 is 1.38 bits per heavy atom. The highest BCUT2D eigenvalue weighted by molar-refractivity contribution is 5.77. The van der Waals surface area contributed by atoms with E-state index in [1.165, 1.54) is 0 Å². The normalized spacial score (nSPS) is 10.6. The first-order valence-electron chi connectivity index (χ1n) is 5.30. The van der Waals surface area contributed by atoms with Gasteiger partial charge in [0.05, 0.1) is 11.0 Å². The summed E-state index contributed by atoms with van der Waals surface area (Å²) in [5, 5.41) is 0. The zero-order valence-corrected chi connectivity index (χ0v) is 9.53. The van der Waals surface area contributed by atoms with Crippen LogP contribution >= 0.6 is 0 Å². The summed E-state index contributed by atoms with van der Waals surface area (Å²) in [6.07, 6.45) is 1.15.